The molecule has 1 aromatic carbocycles. The van der Waals surface area contributed by atoms with E-state index in [-0.39, 0.29) is 29.6 Å². The number of hydrogen-bond acceptors (Lipinski definition) is 0. The first-order valence-electron chi connectivity index (χ1n) is 4.99. The molecule has 0 aromatic heterocycles. The van der Waals surface area contributed by atoms with E-state index in [1.807, 2.05) is 0 Å². The maximum absolute atomic E-state index is 2.46. The zero-order valence-electron chi connectivity index (χ0n) is 10.7. The third kappa shape index (κ3) is 3.74. The van der Waals surface area contributed by atoms with Crippen molar-refractivity contribution < 1.29 is 29.6 Å². The summed E-state index contributed by atoms with van der Waals surface area (Å²) in [5.74, 6) is 0. The number of rotatable bonds is 2. The predicted molar refractivity (Wildman–Crippen MR) is 68.0 cm³/mol. The average Bonchev–Trinajstić information content (AvgIpc) is 2.28. The van der Waals surface area contributed by atoms with Crippen LogP contribution in [0.2, 0.25) is 39.3 Å². The Morgan fingerprint density at radius 2 is 1.50 bits per heavy atom. The molecule has 0 amide bonds. The van der Waals surface area contributed by atoms with Gasteiger partial charge in [0.15, 0.2) is 0 Å². The molecule has 74 valence electrons. The van der Waals surface area contributed by atoms with E-state index >= 15 is 0 Å². The van der Waals surface area contributed by atoms with Crippen LogP contribution in [0.1, 0.15) is 0 Å². The van der Waals surface area contributed by atoms with Crippen molar-refractivity contribution in [2.75, 3.05) is 0 Å². The summed E-state index contributed by atoms with van der Waals surface area (Å²) >= 11 is 0. The summed E-state index contributed by atoms with van der Waals surface area (Å²) in [6, 6.07) is 7.15. The van der Waals surface area contributed by atoms with Crippen LogP contribution in [0.3, 0.4) is 0 Å². The van der Waals surface area contributed by atoms with Crippen molar-refractivity contribution in [2.24, 2.45) is 0 Å². The summed E-state index contributed by atoms with van der Waals surface area (Å²) < 4.78 is 0. The molecule has 0 heterocycles. The maximum atomic E-state index is 2.46. The standard InChI is InChI=1S/C11H21Si2.Na/c1-12(2,3)10-7-8-11(9-10)13(4,5)6;/h7-9H,1-6H3;/q-1;+1. The molecule has 1 aromatic rings. The van der Waals surface area contributed by atoms with Gasteiger partial charge in [-0.1, -0.05) is 39.3 Å². The van der Waals surface area contributed by atoms with Crippen LogP contribution in [0, 0.1) is 0 Å². The first-order chi connectivity index (χ1) is 5.71. The molecule has 0 fully saturated rings. The van der Waals surface area contributed by atoms with Crippen LogP contribution in [0.15, 0.2) is 18.2 Å². The summed E-state index contributed by atoms with van der Waals surface area (Å²) in [5, 5.41) is 3.23. The van der Waals surface area contributed by atoms with E-state index in [4.69, 9.17) is 0 Å². The van der Waals surface area contributed by atoms with Crippen molar-refractivity contribution in [1.82, 2.24) is 0 Å². The van der Waals surface area contributed by atoms with E-state index in [2.05, 4.69) is 57.5 Å². The Labute approximate surface area is 113 Å². The smallest absolute Gasteiger partial charge is 0.212 e. The monoisotopic (exact) mass is 232 g/mol. The average molecular weight is 232 g/mol. The Morgan fingerprint density at radius 3 is 1.71 bits per heavy atom. The van der Waals surface area contributed by atoms with Crippen molar-refractivity contribution in [3.05, 3.63) is 18.2 Å². The Hall–Kier alpha value is 0.784. The number of hydrogen-bond donors (Lipinski definition) is 0. The second-order valence-electron chi connectivity index (χ2n) is 5.89. The predicted octanol–water partition coefficient (Wildman–Crippen LogP) is -0.500. The molecule has 0 unspecified atom stereocenters. The molecule has 0 radical (unpaired) electrons. The Bertz CT molecular complexity index is 260. The first-order valence-corrected chi connectivity index (χ1v) is 12.0. The molecular formula is C11H21NaSi2. The third-order valence-electron chi connectivity index (χ3n) is 2.49. The molecule has 0 saturated heterocycles. The van der Waals surface area contributed by atoms with Gasteiger partial charge >= 0.3 is 29.6 Å². The van der Waals surface area contributed by atoms with Crippen LogP contribution in [-0.2, 0) is 0 Å². The van der Waals surface area contributed by atoms with E-state index in [0.29, 0.717) is 0 Å². The van der Waals surface area contributed by atoms with E-state index in [1.165, 1.54) is 0 Å². The van der Waals surface area contributed by atoms with Gasteiger partial charge in [-0.05, 0) is 0 Å². The fourth-order valence-corrected chi connectivity index (χ4v) is 3.86. The van der Waals surface area contributed by atoms with Crippen molar-refractivity contribution in [1.29, 1.82) is 0 Å². The minimum absolute atomic E-state index is 0. The van der Waals surface area contributed by atoms with Crippen LogP contribution in [0.5, 0.6) is 0 Å². The van der Waals surface area contributed by atoms with Crippen molar-refractivity contribution in [2.45, 2.75) is 39.3 Å². The van der Waals surface area contributed by atoms with E-state index in [9.17, 15) is 0 Å². The van der Waals surface area contributed by atoms with Gasteiger partial charge in [0.1, 0.15) is 0 Å². The summed E-state index contributed by atoms with van der Waals surface area (Å²) in [4.78, 5) is 0. The molecule has 0 aliphatic rings. The SMILES string of the molecule is C[Si](C)(C)c1cc[c-]([Si](C)(C)C)c1.[Na+]. The minimum Gasteiger partial charge on any atom is -0.212 e. The Balaban J connectivity index is 0.00000169. The van der Waals surface area contributed by atoms with Crippen LogP contribution < -0.4 is 39.9 Å². The zero-order chi connectivity index (χ0) is 10.3. The fraction of sp³-hybridized carbons (Fsp3) is 0.545. The van der Waals surface area contributed by atoms with Gasteiger partial charge in [0.2, 0.25) is 0 Å². The van der Waals surface area contributed by atoms with Gasteiger partial charge < -0.3 is 0 Å². The van der Waals surface area contributed by atoms with Gasteiger partial charge in [0.05, 0.1) is 0 Å². The van der Waals surface area contributed by atoms with Crippen molar-refractivity contribution >= 4 is 26.5 Å². The summed E-state index contributed by atoms with van der Waals surface area (Å²) in [5.41, 5.74) is 0. The molecule has 0 spiro atoms. The molecule has 0 saturated carbocycles. The second-order valence-corrected chi connectivity index (χ2v) is 16.0. The fourth-order valence-electron chi connectivity index (χ4n) is 1.38. The van der Waals surface area contributed by atoms with Gasteiger partial charge in [0, 0.05) is 16.1 Å². The second kappa shape index (κ2) is 4.75. The summed E-state index contributed by atoms with van der Waals surface area (Å²) in [7, 11) is -2.14. The van der Waals surface area contributed by atoms with Crippen LogP contribution in [0.4, 0.5) is 0 Å². The van der Waals surface area contributed by atoms with Crippen LogP contribution in [-0.4, -0.2) is 16.1 Å². The van der Waals surface area contributed by atoms with Gasteiger partial charge in [-0.2, -0.15) is 17.3 Å². The Kier molecular flexibility index (Phi) is 5.01. The van der Waals surface area contributed by atoms with E-state index in [1.54, 1.807) is 10.4 Å². The first kappa shape index (κ1) is 14.8. The van der Waals surface area contributed by atoms with Gasteiger partial charge in [-0.15, -0.1) is 0 Å². The van der Waals surface area contributed by atoms with Gasteiger partial charge in [-0.25, -0.2) is 11.3 Å². The quantitative estimate of drug-likeness (QED) is 0.476. The molecule has 0 aliphatic carbocycles. The third-order valence-corrected chi connectivity index (χ3v) is 6.57. The molecule has 14 heavy (non-hydrogen) atoms. The molecule has 0 aliphatic heterocycles. The molecule has 1 rings (SSSR count). The van der Waals surface area contributed by atoms with Crippen molar-refractivity contribution in [3.8, 4) is 0 Å². The molecule has 0 bridgehead atoms. The minimum atomic E-state index is -1.07. The van der Waals surface area contributed by atoms with Gasteiger partial charge in [0.25, 0.3) is 0 Å². The molecule has 3 heteroatoms. The topological polar surface area (TPSA) is 0 Å². The largest absolute Gasteiger partial charge is 1.00 e. The van der Waals surface area contributed by atoms with Crippen molar-refractivity contribution in [3.63, 3.8) is 0 Å². The van der Waals surface area contributed by atoms with Crippen LogP contribution in [0.25, 0.3) is 0 Å². The molecule has 0 N–H and O–H groups in total. The van der Waals surface area contributed by atoms with Crippen LogP contribution >= 0.6 is 0 Å². The van der Waals surface area contributed by atoms with E-state index in [0.717, 1.165) is 0 Å². The zero-order valence-corrected chi connectivity index (χ0v) is 14.7. The summed E-state index contributed by atoms with van der Waals surface area (Å²) in [6.07, 6.45) is 0. The molecular weight excluding hydrogens is 211 g/mol. The molecule has 0 nitrogen and oxygen atoms in total. The normalized spacial score (nSPS) is 12.4. The Morgan fingerprint density at radius 1 is 1.00 bits per heavy atom. The maximum Gasteiger partial charge on any atom is 1.00 e. The van der Waals surface area contributed by atoms with E-state index < -0.39 is 16.1 Å². The van der Waals surface area contributed by atoms with Gasteiger partial charge in [-0.3, -0.25) is 0 Å². The summed E-state index contributed by atoms with van der Waals surface area (Å²) in [6.45, 7) is 14.5. The molecule has 0 atom stereocenters.